The van der Waals surface area contributed by atoms with Crippen molar-refractivity contribution < 1.29 is 13.2 Å². The summed E-state index contributed by atoms with van der Waals surface area (Å²) in [5.74, 6) is -0.317. The number of fused-ring (bicyclic) bond motifs is 1. The monoisotopic (exact) mass is 467 g/mol. The minimum atomic E-state index is -4.04. The van der Waals surface area contributed by atoms with Gasteiger partial charge in [-0.25, -0.2) is 8.42 Å². The fourth-order valence-electron chi connectivity index (χ4n) is 3.28. The maximum absolute atomic E-state index is 13.1. The minimum absolute atomic E-state index is 0.0183. The molecule has 1 unspecified atom stereocenters. The molecule has 0 saturated heterocycles. The van der Waals surface area contributed by atoms with E-state index in [1.165, 1.54) is 18.2 Å². The van der Waals surface area contributed by atoms with Gasteiger partial charge in [0.25, 0.3) is 15.9 Å². The smallest absolute Gasteiger partial charge is 0.264 e. The summed E-state index contributed by atoms with van der Waals surface area (Å²) >= 11 is 0.931. The third-order valence-corrected chi connectivity index (χ3v) is 6.95. The Morgan fingerprint density at radius 2 is 1.84 bits per heavy atom. The molecule has 0 radical (unpaired) electrons. The van der Waals surface area contributed by atoms with Crippen LogP contribution in [0, 0.1) is 0 Å². The predicted molar refractivity (Wildman–Crippen MR) is 126 cm³/mol. The highest BCUT2D eigenvalue weighted by molar-refractivity contribution is 7.93. The largest absolute Gasteiger partial charge is 0.399 e. The standard InChI is InChI=1S/C22H21N5O3S2/c1-14(15-6-3-2-4-7-15)13-24-22(28)17-11-10-16(23)12-19(17)27-32(29,30)20-9-5-8-18-21(20)26-31-25-18/h2-12,14,27H,13,23H2,1H3,(H,24,28). The lowest BCUT2D eigenvalue weighted by Gasteiger charge is -2.16. The van der Waals surface area contributed by atoms with Gasteiger partial charge in [-0.2, -0.15) is 8.75 Å². The Hall–Kier alpha value is -3.50. The number of hydrogen-bond acceptors (Lipinski definition) is 7. The van der Waals surface area contributed by atoms with Crippen molar-refractivity contribution in [3.8, 4) is 0 Å². The number of aromatic nitrogens is 2. The number of amides is 1. The van der Waals surface area contributed by atoms with E-state index in [4.69, 9.17) is 5.73 Å². The highest BCUT2D eigenvalue weighted by atomic mass is 32.2. The van der Waals surface area contributed by atoms with Crippen molar-refractivity contribution in [3.63, 3.8) is 0 Å². The molecule has 1 atom stereocenters. The maximum atomic E-state index is 13.1. The van der Waals surface area contributed by atoms with Crippen molar-refractivity contribution in [1.82, 2.24) is 14.1 Å². The molecule has 0 spiro atoms. The molecule has 1 aromatic heterocycles. The van der Waals surface area contributed by atoms with Crippen LogP contribution in [0.25, 0.3) is 11.0 Å². The van der Waals surface area contributed by atoms with Gasteiger partial charge >= 0.3 is 0 Å². The zero-order valence-corrected chi connectivity index (χ0v) is 18.8. The van der Waals surface area contributed by atoms with E-state index < -0.39 is 15.9 Å². The summed E-state index contributed by atoms with van der Waals surface area (Å²) in [6.07, 6.45) is 0. The van der Waals surface area contributed by atoms with Crippen LogP contribution in [-0.2, 0) is 10.0 Å². The van der Waals surface area contributed by atoms with Gasteiger partial charge in [-0.05, 0) is 41.8 Å². The second-order valence-electron chi connectivity index (χ2n) is 7.32. The van der Waals surface area contributed by atoms with E-state index in [9.17, 15) is 13.2 Å². The fourth-order valence-corrected chi connectivity index (χ4v) is 5.12. The SMILES string of the molecule is CC(CNC(=O)c1ccc(N)cc1NS(=O)(=O)c1cccc2nsnc12)c1ccccc1. The summed E-state index contributed by atoms with van der Waals surface area (Å²) in [5, 5.41) is 2.87. The van der Waals surface area contributed by atoms with Crippen LogP contribution in [0.3, 0.4) is 0 Å². The first-order valence-corrected chi connectivity index (χ1v) is 12.0. The number of sulfonamides is 1. The van der Waals surface area contributed by atoms with Crippen LogP contribution in [0.2, 0.25) is 0 Å². The van der Waals surface area contributed by atoms with Crippen LogP contribution in [0.1, 0.15) is 28.8 Å². The number of carbonyl (C=O) groups excluding carboxylic acids is 1. The van der Waals surface area contributed by atoms with Gasteiger partial charge in [0.15, 0.2) is 0 Å². The number of hydrogen-bond donors (Lipinski definition) is 3. The molecule has 32 heavy (non-hydrogen) atoms. The van der Waals surface area contributed by atoms with Gasteiger partial charge in [0.2, 0.25) is 0 Å². The van der Waals surface area contributed by atoms with Crippen molar-refractivity contribution in [2.24, 2.45) is 0 Å². The molecular formula is C22H21N5O3S2. The van der Waals surface area contributed by atoms with Crippen LogP contribution in [0.5, 0.6) is 0 Å². The highest BCUT2D eigenvalue weighted by Gasteiger charge is 2.23. The maximum Gasteiger partial charge on any atom is 0.264 e. The van der Waals surface area contributed by atoms with E-state index in [2.05, 4.69) is 18.8 Å². The first-order valence-electron chi connectivity index (χ1n) is 9.82. The molecule has 0 bridgehead atoms. The average Bonchev–Trinajstić information content (AvgIpc) is 3.26. The number of benzene rings is 3. The molecule has 1 amide bonds. The number of nitrogens with two attached hydrogens (primary N) is 1. The molecule has 0 fully saturated rings. The summed E-state index contributed by atoms with van der Waals surface area (Å²) in [7, 11) is -4.04. The average molecular weight is 468 g/mol. The molecule has 10 heteroatoms. The molecule has 0 aliphatic heterocycles. The number of nitrogen functional groups attached to an aromatic ring is 1. The van der Waals surface area contributed by atoms with Crippen molar-refractivity contribution >= 4 is 50.1 Å². The Kier molecular flexibility index (Phi) is 6.06. The van der Waals surface area contributed by atoms with Gasteiger partial charge in [0.1, 0.15) is 15.9 Å². The minimum Gasteiger partial charge on any atom is -0.399 e. The third kappa shape index (κ3) is 4.56. The normalized spacial score (nSPS) is 12.4. The molecular weight excluding hydrogens is 446 g/mol. The third-order valence-electron chi connectivity index (χ3n) is 5.01. The predicted octanol–water partition coefficient (Wildman–Crippen LogP) is 3.61. The van der Waals surface area contributed by atoms with Crippen LogP contribution in [0.15, 0.2) is 71.6 Å². The number of nitrogens with zero attached hydrogens (tertiary/aromatic N) is 2. The van der Waals surface area contributed by atoms with Gasteiger partial charge in [0, 0.05) is 12.2 Å². The number of rotatable bonds is 7. The molecule has 3 aromatic carbocycles. The Morgan fingerprint density at radius 3 is 2.62 bits per heavy atom. The molecule has 4 rings (SSSR count). The molecule has 164 valence electrons. The summed E-state index contributed by atoms with van der Waals surface area (Å²) in [6.45, 7) is 2.40. The lowest BCUT2D eigenvalue weighted by Crippen LogP contribution is -2.28. The molecule has 0 saturated carbocycles. The first-order chi connectivity index (χ1) is 15.3. The van der Waals surface area contributed by atoms with E-state index >= 15 is 0 Å². The zero-order valence-electron chi connectivity index (χ0n) is 17.1. The van der Waals surface area contributed by atoms with Crippen molar-refractivity contribution in [2.45, 2.75) is 17.7 Å². The Balaban J connectivity index is 1.58. The molecule has 1 heterocycles. The Labute approximate surface area is 189 Å². The highest BCUT2D eigenvalue weighted by Crippen LogP contribution is 2.27. The fraction of sp³-hybridized carbons (Fsp3) is 0.136. The number of anilines is 2. The Morgan fingerprint density at radius 1 is 1.06 bits per heavy atom. The molecule has 0 aliphatic rings. The van der Waals surface area contributed by atoms with Crippen LogP contribution < -0.4 is 15.8 Å². The molecule has 4 N–H and O–H groups in total. The number of carbonyl (C=O) groups is 1. The van der Waals surface area contributed by atoms with Crippen LogP contribution >= 0.6 is 11.7 Å². The van der Waals surface area contributed by atoms with Gasteiger partial charge in [-0.3, -0.25) is 9.52 Å². The molecule has 8 nitrogen and oxygen atoms in total. The lowest BCUT2D eigenvalue weighted by atomic mass is 10.0. The number of nitrogens with one attached hydrogen (secondary N) is 2. The van der Waals surface area contributed by atoms with Crippen LogP contribution in [0.4, 0.5) is 11.4 Å². The van der Waals surface area contributed by atoms with E-state index in [1.54, 1.807) is 18.2 Å². The van der Waals surface area contributed by atoms with E-state index in [-0.39, 0.29) is 27.6 Å². The van der Waals surface area contributed by atoms with E-state index in [1.807, 2.05) is 37.3 Å². The van der Waals surface area contributed by atoms with Crippen molar-refractivity contribution in [2.75, 3.05) is 17.0 Å². The summed E-state index contributed by atoms with van der Waals surface area (Å²) in [5.41, 5.74) is 8.31. The van der Waals surface area contributed by atoms with Gasteiger partial charge < -0.3 is 11.1 Å². The quantitative estimate of drug-likeness (QED) is 0.356. The summed E-state index contributed by atoms with van der Waals surface area (Å²) in [4.78, 5) is 12.9. The van der Waals surface area contributed by atoms with Crippen molar-refractivity contribution in [1.29, 1.82) is 0 Å². The summed E-state index contributed by atoms with van der Waals surface area (Å²) < 4.78 is 36.9. The lowest BCUT2D eigenvalue weighted by molar-refractivity contribution is 0.0952. The molecule has 4 aromatic rings. The second kappa shape index (κ2) is 8.93. The van der Waals surface area contributed by atoms with Gasteiger partial charge in [0.05, 0.1) is 23.0 Å². The second-order valence-corrected chi connectivity index (χ2v) is 9.50. The van der Waals surface area contributed by atoms with E-state index in [0.29, 0.717) is 17.7 Å². The molecule has 0 aliphatic carbocycles. The summed E-state index contributed by atoms with van der Waals surface area (Å²) in [6, 6.07) is 19.0. The zero-order chi connectivity index (χ0) is 22.7. The van der Waals surface area contributed by atoms with Gasteiger partial charge in [-0.15, -0.1) is 0 Å². The topological polar surface area (TPSA) is 127 Å². The van der Waals surface area contributed by atoms with Crippen molar-refractivity contribution in [3.05, 3.63) is 77.9 Å². The first kappa shape index (κ1) is 21.7. The van der Waals surface area contributed by atoms with E-state index in [0.717, 1.165) is 17.3 Å². The Bertz CT molecular complexity index is 1370. The van der Waals surface area contributed by atoms with Gasteiger partial charge in [-0.1, -0.05) is 43.3 Å². The van der Waals surface area contributed by atoms with Crippen LogP contribution in [-0.4, -0.2) is 29.6 Å².